The number of anilines is 1. The number of para-hydroxylation sites is 1. The van der Waals surface area contributed by atoms with Crippen molar-refractivity contribution in [1.29, 1.82) is 0 Å². The lowest BCUT2D eigenvalue weighted by Gasteiger charge is -2.23. The van der Waals surface area contributed by atoms with Gasteiger partial charge < -0.3 is 19.5 Å². The summed E-state index contributed by atoms with van der Waals surface area (Å²) in [6.07, 6.45) is 2.84. The van der Waals surface area contributed by atoms with Crippen molar-refractivity contribution in [2.75, 3.05) is 18.5 Å². The molecule has 2 aromatic carbocycles. The number of amides is 1. The molecule has 1 amide bonds. The maximum absolute atomic E-state index is 12.3. The van der Waals surface area contributed by atoms with Crippen LogP contribution in [0.3, 0.4) is 0 Å². The van der Waals surface area contributed by atoms with Crippen LogP contribution in [0.4, 0.5) is 5.69 Å². The average Bonchev–Trinajstić information content (AvgIpc) is 2.69. The zero-order valence-electron chi connectivity index (χ0n) is 15.0. The van der Waals surface area contributed by atoms with Crippen molar-refractivity contribution in [2.45, 2.75) is 38.4 Å². The first-order valence-electron chi connectivity index (χ1n) is 9.08. The first kappa shape index (κ1) is 18.4. The molecule has 1 heterocycles. The minimum absolute atomic E-state index is 0.105. The van der Waals surface area contributed by atoms with Gasteiger partial charge in [0.1, 0.15) is 17.6 Å². The van der Waals surface area contributed by atoms with E-state index in [1.54, 1.807) is 6.92 Å². The zero-order valence-corrected chi connectivity index (χ0v) is 15.0. The van der Waals surface area contributed by atoms with Crippen molar-refractivity contribution in [3.63, 3.8) is 0 Å². The average molecular weight is 355 g/mol. The van der Waals surface area contributed by atoms with Crippen LogP contribution in [0.15, 0.2) is 54.6 Å². The largest absolute Gasteiger partial charge is 0.457 e. The minimum atomic E-state index is -0.527. The molecule has 26 heavy (non-hydrogen) atoms. The van der Waals surface area contributed by atoms with E-state index in [1.165, 1.54) is 0 Å². The van der Waals surface area contributed by atoms with Crippen molar-refractivity contribution in [3.8, 4) is 11.5 Å². The van der Waals surface area contributed by atoms with Crippen LogP contribution < -0.4 is 10.1 Å². The number of hydrogen-bond donors (Lipinski definition) is 1. The van der Waals surface area contributed by atoms with Gasteiger partial charge in [-0.05, 0) is 62.6 Å². The summed E-state index contributed by atoms with van der Waals surface area (Å²) in [5, 5.41) is 2.86. The fourth-order valence-electron chi connectivity index (χ4n) is 2.74. The van der Waals surface area contributed by atoms with Gasteiger partial charge in [-0.3, -0.25) is 4.79 Å². The lowest BCUT2D eigenvalue weighted by molar-refractivity contribution is -0.130. The van der Waals surface area contributed by atoms with Gasteiger partial charge in [-0.2, -0.15) is 0 Å². The van der Waals surface area contributed by atoms with Crippen molar-refractivity contribution >= 4 is 11.6 Å². The molecule has 3 rings (SSSR count). The van der Waals surface area contributed by atoms with E-state index in [0.717, 1.165) is 31.6 Å². The maximum atomic E-state index is 12.3. The molecule has 1 aliphatic rings. The van der Waals surface area contributed by atoms with Crippen LogP contribution in [0.1, 0.15) is 26.2 Å². The summed E-state index contributed by atoms with van der Waals surface area (Å²) in [5.41, 5.74) is 0.708. The van der Waals surface area contributed by atoms with Gasteiger partial charge in [0.25, 0.3) is 5.91 Å². The molecule has 1 saturated heterocycles. The molecule has 0 bridgehead atoms. The molecule has 0 aromatic heterocycles. The number of rotatable bonds is 7. The topological polar surface area (TPSA) is 56.8 Å². The molecule has 1 aliphatic heterocycles. The van der Waals surface area contributed by atoms with Crippen LogP contribution in [0.2, 0.25) is 0 Å². The molecule has 0 saturated carbocycles. The van der Waals surface area contributed by atoms with Gasteiger partial charge in [-0.15, -0.1) is 0 Å². The Labute approximate surface area is 154 Å². The van der Waals surface area contributed by atoms with Gasteiger partial charge in [0.2, 0.25) is 0 Å². The molecular formula is C21H25NO4. The Morgan fingerprint density at radius 2 is 1.85 bits per heavy atom. The summed E-state index contributed by atoms with van der Waals surface area (Å²) in [5.74, 6) is 1.32. The Bertz CT molecular complexity index is 681. The number of carbonyl (C=O) groups is 1. The SMILES string of the molecule is C[C@H](OC[C@@H]1CCCCO1)C(=O)Nc1ccc(Oc2ccccc2)cc1. The third kappa shape index (κ3) is 5.58. The Hall–Kier alpha value is -2.37. The lowest BCUT2D eigenvalue weighted by atomic mass is 10.1. The molecule has 2 aromatic rings. The molecule has 5 heteroatoms. The summed E-state index contributed by atoms with van der Waals surface area (Å²) in [7, 11) is 0. The normalized spacial score (nSPS) is 18.1. The maximum Gasteiger partial charge on any atom is 0.253 e. The van der Waals surface area contributed by atoms with Crippen molar-refractivity contribution in [2.24, 2.45) is 0 Å². The molecule has 138 valence electrons. The molecule has 0 spiro atoms. The number of carbonyl (C=O) groups excluding carboxylic acids is 1. The summed E-state index contributed by atoms with van der Waals surface area (Å²) in [6.45, 7) is 3.00. The molecule has 1 N–H and O–H groups in total. The van der Waals surface area contributed by atoms with E-state index < -0.39 is 6.10 Å². The van der Waals surface area contributed by atoms with Gasteiger partial charge in [-0.1, -0.05) is 18.2 Å². The van der Waals surface area contributed by atoms with Crippen LogP contribution in [-0.4, -0.2) is 31.3 Å². The minimum Gasteiger partial charge on any atom is -0.457 e. The van der Waals surface area contributed by atoms with Gasteiger partial charge in [0.15, 0.2) is 0 Å². The molecule has 0 unspecified atom stereocenters. The van der Waals surface area contributed by atoms with E-state index in [2.05, 4.69) is 5.32 Å². The lowest BCUT2D eigenvalue weighted by Crippen LogP contribution is -2.32. The van der Waals surface area contributed by atoms with E-state index in [0.29, 0.717) is 18.0 Å². The van der Waals surface area contributed by atoms with E-state index in [4.69, 9.17) is 14.2 Å². The first-order chi connectivity index (χ1) is 12.7. The fourth-order valence-corrected chi connectivity index (χ4v) is 2.74. The van der Waals surface area contributed by atoms with Crippen LogP contribution in [0.5, 0.6) is 11.5 Å². The monoisotopic (exact) mass is 355 g/mol. The van der Waals surface area contributed by atoms with Gasteiger partial charge in [0.05, 0.1) is 12.7 Å². The highest BCUT2D eigenvalue weighted by molar-refractivity contribution is 5.93. The van der Waals surface area contributed by atoms with Crippen molar-refractivity contribution < 1.29 is 19.0 Å². The number of benzene rings is 2. The number of ether oxygens (including phenoxy) is 3. The second-order valence-corrected chi connectivity index (χ2v) is 6.39. The van der Waals surface area contributed by atoms with Crippen molar-refractivity contribution in [1.82, 2.24) is 0 Å². The van der Waals surface area contributed by atoms with E-state index >= 15 is 0 Å². The van der Waals surface area contributed by atoms with Gasteiger partial charge in [0, 0.05) is 12.3 Å². The molecule has 0 aliphatic carbocycles. The fraction of sp³-hybridized carbons (Fsp3) is 0.381. The smallest absolute Gasteiger partial charge is 0.253 e. The standard InChI is InChI=1S/C21H25NO4/c1-16(25-15-20-9-5-6-14-24-20)21(23)22-17-10-12-19(13-11-17)26-18-7-3-2-4-8-18/h2-4,7-8,10-13,16,20H,5-6,9,14-15H2,1H3,(H,22,23)/t16-,20-/m0/s1. The Kier molecular flexibility index (Phi) is 6.63. The quantitative estimate of drug-likeness (QED) is 0.800. The van der Waals surface area contributed by atoms with Crippen LogP contribution in [0, 0.1) is 0 Å². The predicted molar refractivity (Wildman–Crippen MR) is 101 cm³/mol. The second kappa shape index (κ2) is 9.36. The molecule has 2 atom stereocenters. The third-order valence-corrected chi connectivity index (χ3v) is 4.28. The third-order valence-electron chi connectivity index (χ3n) is 4.28. The Balaban J connectivity index is 1.46. The van der Waals surface area contributed by atoms with Gasteiger partial charge >= 0.3 is 0 Å². The highest BCUT2D eigenvalue weighted by Gasteiger charge is 2.19. The summed E-state index contributed by atoms with van der Waals surface area (Å²) < 4.78 is 17.0. The zero-order chi connectivity index (χ0) is 18.2. The van der Waals surface area contributed by atoms with E-state index in [-0.39, 0.29) is 12.0 Å². The molecule has 1 fully saturated rings. The molecule has 0 radical (unpaired) electrons. The predicted octanol–water partition coefficient (Wildman–Crippen LogP) is 4.39. The number of hydrogen-bond acceptors (Lipinski definition) is 4. The molecule has 5 nitrogen and oxygen atoms in total. The van der Waals surface area contributed by atoms with Crippen LogP contribution in [0.25, 0.3) is 0 Å². The first-order valence-corrected chi connectivity index (χ1v) is 9.08. The van der Waals surface area contributed by atoms with E-state index in [1.807, 2.05) is 54.6 Å². The molecular weight excluding hydrogens is 330 g/mol. The van der Waals surface area contributed by atoms with Crippen molar-refractivity contribution in [3.05, 3.63) is 54.6 Å². The second-order valence-electron chi connectivity index (χ2n) is 6.39. The van der Waals surface area contributed by atoms with Crippen LogP contribution >= 0.6 is 0 Å². The van der Waals surface area contributed by atoms with Gasteiger partial charge in [-0.25, -0.2) is 0 Å². The summed E-state index contributed by atoms with van der Waals surface area (Å²) in [6, 6.07) is 16.8. The van der Waals surface area contributed by atoms with E-state index in [9.17, 15) is 4.79 Å². The van der Waals surface area contributed by atoms with Crippen LogP contribution in [-0.2, 0) is 14.3 Å². The highest BCUT2D eigenvalue weighted by atomic mass is 16.5. The Morgan fingerprint density at radius 1 is 1.12 bits per heavy atom. The Morgan fingerprint density at radius 3 is 2.54 bits per heavy atom. The summed E-state index contributed by atoms with van der Waals surface area (Å²) >= 11 is 0. The highest BCUT2D eigenvalue weighted by Crippen LogP contribution is 2.22. The summed E-state index contributed by atoms with van der Waals surface area (Å²) in [4.78, 5) is 12.3. The number of nitrogens with one attached hydrogen (secondary N) is 1.